The number of aliphatic hydroxyl groups is 1. The van der Waals surface area contributed by atoms with Gasteiger partial charge in [-0.2, -0.15) is 0 Å². The summed E-state index contributed by atoms with van der Waals surface area (Å²) in [6.45, 7) is -0.0468. The molecule has 0 fully saturated rings. The van der Waals surface area contributed by atoms with Crippen LogP contribution in [-0.4, -0.2) is 49.3 Å². The van der Waals surface area contributed by atoms with Gasteiger partial charge in [0.15, 0.2) is 0 Å². The maximum Gasteiger partial charge on any atom is 0.354 e. The molecule has 0 unspecified atom stereocenters. The minimum Gasteiger partial charge on any atom is -0.466 e. The lowest BCUT2D eigenvalue weighted by Gasteiger charge is -2.11. The summed E-state index contributed by atoms with van der Waals surface area (Å²) in [5.41, 5.74) is -0.113. The number of nitrogens with zero attached hydrogens (tertiary/aromatic N) is 1. The van der Waals surface area contributed by atoms with E-state index in [1.807, 2.05) is 0 Å². The number of carbonyl (C=O) groups is 2. The van der Waals surface area contributed by atoms with Crippen LogP contribution in [0.2, 0.25) is 0 Å². The van der Waals surface area contributed by atoms with Gasteiger partial charge in [0.25, 0.3) is 5.69 Å². The van der Waals surface area contributed by atoms with Crippen molar-refractivity contribution in [3.8, 4) is 0 Å². The van der Waals surface area contributed by atoms with Crippen LogP contribution in [0.4, 0.5) is 17.1 Å². The third kappa shape index (κ3) is 5.25. The van der Waals surface area contributed by atoms with Crippen molar-refractivity contribution in [3.05, 3.63) is 40.1 Å². The summed E-state index contributed by atoms with van der Waals surface area (Å²) in [7, 11) is 2.26. The van der Waals surface area contributed by atoms with Crippen molar-refractivity contribution in [2.45, 2.75) is 0 Å². The van der Waals surface area contributed by atoms with E-state index < -0.39 is 16.9 Å². The van der Waals surface area contributed by atoms with Crippen molar-refractivity contribution in [2.24, 2.45) is 0 Å². The maximum absolute atomic E-state index is 11.7. The zero-order chi connectivity index (χ0) is 18.1. The minimum atomic E-state index is -0.842. The maximum atomic E-state index is 11.7. The number of hydrogen-bond acceptors (Lipinski definition) is 9. The fraction of sp³-hybridized carbons (Fsp3) is 0.286. The number of anilines is 2. The molecule has 0 saturated carbocycles. The van der Waals surface area contributed by atoms with Gasteiger partial charge in [-0.25, -0.2) is 9.59 Å². The Balaban J connectivity index is 3.13. The molecule has 0 aliphatic heterocycles. The Hall–Kier alpha value is -3.14. The van der Waals surface area contributed by atoms with E-state index in [-0.39, 0.29) is 35.9 Å². The molecule has 0 atom stereocenters. The largest absolute Gasteiger partial charge is 0.466 e. The molecular formula is C14H17N3O7. The Kier molecular flexibility index (Phi) is 7.17. The van der Waals surface area contributed by atoms with E-state index in [9.17, 15) is 19.7 Å². The number of nitrogens with one attached hydrogen (secondary N) is 2. The molecule has 24 heavy (non-hydrogen) atoms. The summed E-state index contributed by atoms with van der Waals surface area (Å²) in [5.74, 6) is -1.64. The minimum absolute atomic E-state index is 0.142. The van der Waals surface area contributed by atoms with Crippen molar-refractivity contribution in [1.82, 2.24) is 0 Å². The standard InChI is InChI=1S/C14H17N3O7/c1-23-13(19)8-11(14(20)24-2)16-9-3-4-10(15-5-6-18)12(7-9)17(21)22/h3-4,7-8,15-16,18H,5-6H2,1-2H3/b11-8+. The van der Waals surface area contributed by atoms with Gasteiger partial charge >= 0.3 is 11.9 Å². The summed E-state index contributed by atoms with van der Waals surface area (Å²) in [6.07, 6.45) is 0.871. The Morgan fingerprint density at radius 1 is 1.33 bits per heavy atom. The SMILES string of the molecule is COC(=O)/C=C(/Nc1ccc(NCCO)c([N+](=O)[O-])c1)C(=O)OC. The fourth-order valence-corrected chi connectivity index (χ4v) is 1.69. The van der Waals surface area contributed by atoms with Crippen molar-refractivity contribution in [2.75, 3.05) is 38.0 Å². The summed E-state index contributed by atoms with van der Waals surface area (Å²) in [6, 6.07) is 4.04. The van der Waals surface area contributed by atoms with Gasteiger partial charge < -0.3 is 25.2 Å². The highest BCUT2D eigenvalue weighted by atomic mass is 16.6. The molecule has 1 aromatic carbocycles. The molecule has 0 radical (unpaired) electrons. The van der Waals surface area contributed by atoms with Gasteiger partial charge in [0.2, 0.25) is 0 Å². The van der Waals surface area contributed by atoms with E-state index in [0.29, 0.717) is 0 Å². The molecule has 10 nitrogen and oxygen atoms in total. The molecule has 0 aliphatic rings. The van der Waals surface area contributed by atoms with Gasteiger partial charge in [-0.05, 0) is 12.1 Å². The van der Waals surface area contributed by atoms with Crippen LogP contribution >= 0.6 is 0 Å². The molecule has 0 heterocycles. The molecule has 1 rings (SSSR count). The average Bonchev–Trinajstić information content (AvgIpc) is 2.58. The Bertz CT molecular complexity index is 658. The number of nitro groups is 1. The smallest absolute Gasteiger partial charge is 0.354 e. The second-order valence-electron chi connectivity index (χ2n) is 4.34. The van der Waals surface area contributed by atoms with Gasteiger partial charge in [-0.15, -0.1) is 0 Å². The summed E-state index contributed by atoms with van der Waals surface area (Å²) in [4.78, 5) is 33.5. The number of ether oxygens (including phenoxy) is 2. The van der Waals surface area contributed by atoms with Crippen LogP contribution < -0.4 is 10.6 Å². The molecule has 0 amide bonds. The topological polar surface area (TPSA) is 140 Å². The third-order valence-electron chi connectivity index (χ3n) is 2.77. The van der Waals surface area contributed by atoms with E-state index in [0.717, 1.165) is 20.3 Å². The van der Waals surface area contributed by atoms with Gasteiger partial charge in [-0.1, -0.05) is 0 Å². The van der Waals surface area contributed by atoms with Crippen molar-refractivity contribution < 1.29 is 29.1 Å². The van der Waals surface area contributed by atoms with Crippen LogP contribution in [0.15, 0.2) is 30.0 Å². The molecule has 10 heteroatoms. The van der Waals surface area contributed by atoms with E-state index in [1.54, 1.807) is 0 Å². The highest BCUT2D eigenvalue weighted by molar-refractivity contribution is 5.98. The highest BCUT2D eigenvalue weighted by Crippen LogP contribution is 2.28. The zero-order valence-corrected chi connectivity index (χ0v) is 13.1. The fourth-order valence-electron chi connectivity index (χ4n) is 1.69. The second-order valence-corrected chi connectivity index (χ2v) is 4.34. The quantitative estimate of drug-likeness (QED) is 0.269. The van der Waals surface area contributed by atoms with Crippen LogP contribution in [0.25, 0.3) is 0 Å². The normalized spacial score (nSPS) is 10.7. The van der Waals surface area contributed by atoms with Crippen molar-refractivity contribution >= 4 is 29.0 Å². The highest BCUT2D eigenvalue weighted by Gasteiger charge is 2.17. The summed E-state index contributed by atoms with van der Waals surface area (Å²) < 4.78 is 8.97. The molecule has 130 valence electrons. The van der Waals surface area contributed by atoms with Gasteiger partial charge in [0, 0.05) is 18.3 Å². The molecule has 3 N–H and O–H groups in total. The zero-order valence-electron chi connectivity index (χ0n) is 13.1. The predicted octanol–water partition coefficient (Wildman–Crippen LogP) is 0.641. The van der Waals surface area contributed by atoms with Gasteiger partial charge in [0.1, 0.15) is 11.4 Å². The van der Waals surface area contributed by atoms with E-state index >= 15 is 0 Å². The Labute approximate surface area is 137 Å². The monoisotopic (exact) mass is 339 g/mol. The first kappa shape index (κ1) is 18.9. The molecule has 0 bridgehead atoms. The molecule has 1 aromatic rings. The van der Waals surface area contributed by atoms with Crippen LogP contribution in [0.1, 0.15) is 0 Å². The number of methoxy groups -OCH3 is 2. The molecule has 0 saturated heterocycles. The van der Waals surface area contributed by atoms with Crippen LogP contribution in [0.3, 0.4) is 0 Å². The van der Waals surface area contributed by atoms with Crippen LogP contribution in [0, 0.1) is 10.1 Å². The summed E-state index contributed by atoms with van der Waals surface area (Å²) >= 11 is 0. The second kappa shape index (κ2) is 9.10. The number of esters is 2. The molecule has 0 aromatic heterocycles. The van der Waals surface area contributed by atoms with E-state index in [2.05, 4.69) is 20.1 Å². The Morgan fingerprint density at radius 2 is 2.04 bits per heavy atom. The lowest BCUT2D eigenvalue weighted by atomic mass is 10.2. The van der Waals surface area contributed by atoms with E-state index in [4.69, 9.17) is 5.11 Å². The molecule has 0 aliphatic carbocycles. The molecular weight excluding hydrogens is 322 g/mol. The summed E-state index contributed by atoms with van der Waals surface area (Å²) in [5, 5.41) is 25.2. The average molecular weight is 339 g/mol. The number of benzene rings is 1. The number of aliphatic hydroxyl groups excluding tert-OH is 1. The first-order chi connectivity index (χ1) is 11.4. The van der Waals surface area contributed by atoms with E-state index in [1.165, 1.54) is 18.2 Å². The first-order valence-electron chi connectivity index (χ1n) is 6.71. The lowest BCUT2D eigenvalue weighted by Crippen LogP contribution is -2.15. The number of carbonyl (C=O) groups excluding carboxylic acids is 2. The third-order valence-corrected chi connectivity index (χ3v) is 2.77. The lowest BCUT2D eigenvalue weighted by molar-refractivity contribution is -0.383. The molecule has 0 spiro atoms. The predicted molar refractivity (Wildman–Crippen MR) is 84.4 cm³/mol. The van der Waals surface area contributed by atoms with Gasteiger partial charge in [-0.3, -0.25) is 10.1 Å². The van der Waals surface area contributed by atoms with Crippen molar-refractivity contribution in [3.63, 3.8) is 0 Å². The first-order valence-corrected chi connectivity index (χ1v) is 6.71. The van der Waals surface area contributed by atoms with Crippen LogP contribution in [0.5, 0.6) is 0 Å². The number of hydrogen-bond donors (Lipinski definition) is 3. The van der Waals surface area contributed by atoms with Gasteiger partial charge in [0.05, 0.1) is 31.8 Å². The Morgan fingerprint density at radius 3 is 2.58 bits per heavy atom. The number of nitro benzene ring substituents is 1. The van der Waals surface area contributed by atoms with Crippen LogP contribution in [-0.2, 0) is 19.1 Å². The number of rotatable bonds is 8. The van der Waals surface area contributed by atoms with Crippen molar-refractivity contribution in [1.29, 1.82) is 0 Å².